The van der Waals surface area contributed by atoms with Gasteiger partial charge in [0.15, 0.2) is 5.06 Å². The molecule has 0 aliphatic heterocycles. The number of methoxy groups -OCH3 is 1. The van der Waals surface area contributed by atoms with Gasteiger partial charge in [-0.15, -0.1) is 0 Å². The van der Waals surface area contributed by atoms with Gasteiger partial charge in [-0.3, -0.25) is 0 Å². The summed E-state index contributed by atoms with van der Waals surface area (Å²) in [5.74, 6) is 0.920. The molecule has 0 radical (unpaired) electrons. The van der Waals surface area contributed by atoms with Crippen LogP contribution in [0, 0.1) is 0 Å². The number of rotatable bonds is 4. The summed E-state index contributed by atoms with van der Waals surface area (Å²) in [6.07, 6.45) is 1.61. The van der Waals surface area contributed by atoms with Crippen molar-refractivity contribution in [3.8, 4) is 5.06 Å². The number of fused-ring (bicyclic) bond motifs is 1. The van der Waals surface area contributed by atoms with Gasteiger partial charge in [-0.1, -0.05) is 29.5 Å². The zero-order valence-electron chi connectivity index (χ0n) is 11.4. The maximum atomic E-state index is 5.31. The van der Waals surface area contributed by atoms with Gasteiger partial charge in [0, 0.05) is 18.3 Å². The Hall–Kier alpha value is -2.14. The predicted molar refractivity (Wildman–Crippen MR) is 83.1 cm³/mol. The van der Waals surface area contributed by atoms with Crippen molar-refractivity contribution < 1.29 is 4.74 Å². The lowest BCUT2D eigenvalue weighted by Crippen LogP contribution is -2.17. The number of ether oxygens (including phenoxy) is 1. The van der Waals surface area contributed by atoms with Crippen LogP contribution in [0.5, 0.6) is 5.06 Å². The SMILES string of the molecule is CCN(c1ccccc1)c1ncnc2sc(OC)cc12. The summed E-state index contributed by atoms with van der Waals surface area (Å²) in [6, 6.07) is 12.2. The van der Waals surface area contributed by atoms with E-state index in [1.54, 1.807) is 13.4 Å². The van der Waals surface area contributed by atoms with Crippen molar-refractivity contribution in [2.24, 2.45) is 0 Å². The maximum absolute atomic E-state index is 5.31. The highest BCUT2D eigenvalue weighted by Crippen LogP contribution is 2.36. The normalized spacial score (nSPS) is 10.7. The lowest BCUT2D eigenvalue weighted by molar-refractivity contribution is 0.427. The molecule has 102 valence electrons. The molecule has 0 aliphatic carbocycles. The van der Waals surface area contributed by atoms with E-state index in [1.165, 1.54) is 11.3 Å². The molecule has 20 heavy (non-hydrogen) atoms. The molecule has 0 saturated carbocycles. The highest BCUT2D eigenvalue weighted by molar-refractivity contribution is 7.20. The van der Waals surface area contributed by atoms with Crippen LogP contribution >= 0.6 is 11.3 Å². The molecule has 5 heteroatoms. The van der Waals surface area contributed by atoms with E-state index in [2.05, 4.69) is 33.9 Å². The third-order valence-corrected chi connectivity index (χ3v) is 4.13. The molecule has 0 spiro atoms. The van der Waals surface area contributed by atoms with Crippen LogP contribution in [0.2, 0.25) is 0 Å². The molecule has 0 bridgehead atoms. The van der Waals surface area contributed by atoms with Crippen LogP contribution in [0.4, 0.5) is 11.5 Å². The molecule has 2 heterocycles. The van der Waals surface area contributed by atoms with Crippen molar-refractivity contribution in [3.05, 3.63) is 42.7 Å². The van der Waals surface area contributed by atoms with E-state index in [-0.39, 0.29) is 0 Å². The average molecular weight is 285 g/mol. The van der Waals surface area contributed by atoms with E-state index in [0.29, 0.717) is 0 Å². The number of benzene rings is 1. The Morgan fingerprint density at radius 3 is 2.70 bits per heavy atom. The van der Waals surface area contributed by atoms with Gasteiger partial charge in [0.1, 0.15) is 17.0 Å². The van der Waals surface area contributed by atoms with Crippen LogP contribution in [0.25, 0.3) is 10.2 Å². The fourth-order valence-electron chi connectivity index (χ4n) is 2.20. The first-order valence-corrected chi connectivity index (χ1v) is 7.26. The van der Waals surface area contributed by atoms with Crippen LogP contribution in [-0.4, -0.2) is 23.6 Å². The van der Waals surface area contributed by atoms with Crippen LogP contribution in [0.1, 0.15) is 6.92 Å². The van der Waals surface area contributed by atoms with Crippen molar-refractivity contribution in [1.29, 1.82) is 0 Å². The highest BCUT2D eigenvalue weighted by atomic mass is 32.1. The Morgan fingerprint density at radius 2 is 2.00 bits per heavy atom. The second-order valence-electron chi connectivity index (χ2n) is 4.27. The molecule has 0 aliphatic rings. The Bertz CT molecular complexity index is 711. The maximum Gasteiger partial charge on any atom is 0.176 e. The summed E-state index contributed by atoms with van der Waals surface area (Å²) >= 11 is 1.53. The smallest absolute Gasteiger partial charge is 0.176 e. The summed E-state index contributed by atoms with van der Waals surface area (Å²) in [7, 11) is 1.67. The van der Waals surface area contributed by atoms with Gasteiger partial charge < -0.3 is 9.64 Å². The summed E-state index contributed by atoms with van der Waals surface area (Å²) < 4.78 is 5.31. The predicted octanol–water partition coefficient (Wildman–Crippen LogP) is 3.86. The molecular weight excluding hydrogens is 270 g/mol. The number of hydrogen-bond donors (Lipinski definition) is 0. The Balaban J connectivity index is 2.14. The minimum Gasteiger partial charge on any atom is -0.487 e. The second-order valence-corrected chi connectivity index (χ2v) is 5.26. The molecule has 2 aromatic heterocycles. The summed E-state index contributed by atoms with van der Waals surface area (Å²) in [4.78, 5) is 11.9. The van der Waals surface area contributed by atoms with Crippen molar-refractivity contribution in [2.45, 2.75) is 6.92 Å². The topological polar surface area (TPSA) is 38.2 Å². The number of para-hydroxylation sites is 1. The number of hydrogen-bond acceptors (Lipinski definition) is 5. The van der Waals surface area contributed by atoms with E-state index in [9.17, 15) is 0 Å². The first-order valence-electron chi connectivity index (χ1n) is 6.44. The van der Waals surface area contributed by atoms with Gasteiger partial charge >= 0.3 is 0 Å². The van der Waals surface area contributed by atoms with Gasteiger partial charge in [0.2, 0.25) is 0 Å². The third kappa shape index (κ3) is 2.20. The van der Waals surface area contributed by atoms with Crippen molar-refractivity contribution in [1.82, 2.24) is 9.97 Å². The third-order valence-electron chi connectivity index (χ3n) is 3.13. The van der Waals surface area contributed by atoms with Gasteiger partial charge in [-0.25, -0.2) is 9.97 Å². The number of thiophene rings is 1. The molecular formula is C15H15N3OS. The van der Waals surface area contributed by atoms with Crippen molar-refractivity contribution >= 4 is 33.1 Å². The summed E-state index contributed by atoms with van der Waals surface area (Å²) in [5.41, 5.74) is 1.13. The van der Waals surface area contributed by atoms with E-state index < -0.39 is 0 Å². The molecule has 3 rings (SSSR count). The molecule has 0 unspecified atom stereocenters. The minimum atomic E-state index is 0.842. The van der Waals surface area contributed by atoms with E-state index >= 15 is 0 Å². The molecule has 4 nitrogen and oxygen atoms in total. The molecule has 1 aromatic carbocycles. The van der Waals surface area contributed by atoms with E-state index in [0.717, 1.165) is 33.3 Å². The van der Waals surface area contributed by atoms with Gasteiger partial charge in [-0.2, -0.15) is 0 Å². The monoisotopic (exact) mass is 285 g/mol. The van der Waals surface area contributed by atoms with Crippen LogP contribution in [0.15, 0.2) is 42.7 Å². The molecule has 0 fully saturated rings. The Morgan fingerprint density at radius 1 is 1.20 bits per heavy atom. The van der Waals surface area contributed by atoms with Crippen molar-refractivity contribution in [2.75, 3.05) is 18.6 Å². The molecule has 0 N–H and O–H groups in total. The number of nitrogens with zero attached hydrogens (tertiary/aromatic N) is 3. The second kappa shape index (κ2) is 5.46. The Kier molecular flexibility index (Phi) is 3.52. The van der Waals surface area contributed by atoms with E-state index in [1.807, 2.05) is 24.3 Å². The largest absolute Gasteiger partial charge is 0.487 e. The summed E-state index contributed by atoms with van der Waals surface area (Å²) in [6.45, 7) is 2.96. The number of aromatic nitrogens is 2. The molecule has 3 aromatic rings. The first kappa shape index (κ1) is 12.9. The van der Waals surface area contributed by atoms with E-state index in [4.69, 9.17) is 4.74 Å². The van der Waals surface area contributed by atoms with Crippen LogP contribution in [-0.2, 0) is 0 Å². The zero-order valence-corrected chi connectivity index (χ0v) is 12.2. The molecule has 0 atom stereocenters. The Labute approximate surface area is 121 Å². The highest BCUT2D eigenvalue weighted by Gasteiger charge is 2.15. The lowest BCUT2D eigenvalue weighted by Gasteiger charge is -2.22. The zero-order chi connectivity index (χ0) is 13.9. The number of anilines is 2. The molecule has 0 amide bonds. The lowest BCUT2D eigenvalue weighted by atomic mass is 10.2. The standard InChI is InChI=1S/C15H15N3OS/c1-3-18(11-7-5-4-6-8-11)14-12-9-13(19-2)20-15(12)17-10-16-14/h4-10H,3H2,1-2H3. The van der Waals surface area contributed by atoms with Gasteiger partial charge in [0.05, 0.1) is 12.5 Å². The van der Waals surface area contributed by atoms with Gasteiger partial charge in [-0.05, 0) is 19.1 Å². The fourth-order valence-corrected chi connectivity index (χ4v) is 3.01. The van der Waals surface area contributed by atoms with Gasteiger partial charge in [0.25, 0.3) is 0 Å². The van der Waals surface area contributed by atoms with Crippen LogP contribution < -0.4 is 9.64 Å². The summed E-state index contributed by atoms with van der Waals surface area (Å²) in [5, 5.41) is 1.88. The average Bonchev–Trinajstić information content (AvgIpc) is 2.93. The first-order chi connectivity index (χ1) is 9.83. The van der Waals surface area contributed by atoms with Crippen LogP contribution in [0.3, 0.4) is 0 Å². The fraction of sp³-hybridized carbons (Fsp3) is 0.200. The quantitative estimate of drug-likeness (QED) is 0.729. The molecule has 0 saturated heterocycles. The van der Waals surface area contributed by atoms with Crippen molar-refractivity contribution in [3.63, 3.8) is 0 Å². The minimum absolute atomic E-state index is 0.842.